The molecule has 13 heteroatoms. The summed E-state index contributed by atoms with van der Waals surface area (Å²) in [5, 5.41) is 14.2. The third-order valence-electron chi connectivity index (χ3n) is 7.17. The van der Waals surface area contributed by atoms with Gasteiger partial charge in [0.05, 0.1) is 51.4 Å². The molecule has 0 spiro atoms. The normalized spacial score (nSPS) is 13.0. The molecule has 0 unspecified atom stereocenters. The average Bonchev–Trinajstić information content (AvgIpc) is 3.28. The largest absolute Gasteiger partial charge is 0.497 e. The van der Waals surface area contributed by atoms with Crippen molar-refractivity contribution in [3.63, 3.8) is 0 Å². The number of carbonyl (C=O) groups is 3. The number of pyridine rings is 1. The molecule has 44 heavy (non-hydrogen) atoms. The van der Waals surface area contributed by atoms with E-state index in [-0.39, 0.29) is 36.8 Å². The number of imidazole rings is 1. The molecule has 1 fully saturated rings. The van der Waals surface area contributed by atoms with E-state index >= 15 is 0 Å². The second kappa shape index (κ2) is 13.5. The number of hydrogen-bond donors (Lipinski definition) is 2. The fraction of sp³-hybridized carbons (Fsp3) is 0.258. The molecule has 2 N–H and O–H groups in total. The lowest BCUT2D eigenvalue weighted by molar-refractivity contribution is -0.139. The molecule has 2 aromatic heterocycles. The van der Waals surface area contributed by atoms with Gasteiger partial charge in [-0.3, -0.25) is 23.9 Å². The first-order valence-electron chi connectivity index (χ1n) is 13.8. The summed E-state index contributed by atoms with van der Waals surface area (Å²) in [6, 6.07) is 17.3. The first-order chi connectivity index (χ1) is 21.3. The Hall–Kier alpha value is -5.01. The van der Waals surface area contributed by atoms with Crippen molar-refractivity contribution in [2.45, 2.75) is 19.4 Å². The number of nitrogens with one attached hydrogen (secondary N) is 1. The molecule has 0 atom stereocenters. The van der Waals surface area contributed by atoms with E-state index in [0.29, 0.717) is 41.5 Å². The van der Waals surface area contributed by atoms with Crippen LogP contribution in [0.2, 0.25) is 0 Å². The van der Waals surface area contributed by atoms with Crippen LogP contribution in [-0.2, 0) is 33.7 Å². The Kier molecular flexibility index (Phi) is 9.36. The summed E-state index contributed by atoms with van der Waals surface area (Å²) in [6.45, 7) is 0.708. The Morgan fingerprint density at radius 3 is 2.36 bits per heavy atom. The quantitative estimate of drug-likeness (QED) is 0.202. The van der Waals surface area contributed by atoms with Gasteiger partial charge in [0.25, 0.3) is 11.8 Å². The maximum Gasteiger partial charge on any atom is 0.260 e. The van der Waals surface area contributed by atoms with Gasteiger partial charge in [-0.15, -0.1) is 0 Å². The first kappa shape index (κ1) is 30.4. The van der Waals surface area contributed by atoms with E-state index in [9.17, 15) is 19.5 Å². The number of aromatic nitrogens is 3. The van der Waals surface area contributed by atoms with Gasteiger partial charge in [-0.1, -0.05) is 12.1 Å². The van der Waals surface area contributed by atoms with Crippen molar-refractivity contribution < 1.29 is 33.7 Å². The SMILES string of the molecule is COc1ccc(CCn2c(CC(=O)Nc3ccc(OC)cn3)c(O)n(-c3ccc(C(=O)N4CCOCC4=O)cc3)c2=S)cc1. The lowest BCUT2D eigenvalue weighted by Gasteiger charge is -2.25. The van der Waals surface area contributed by atoms with Gasteiger partial charge in [0.2, 0.25) is 11.8 Å². The van der Waals surface area contributed by atoms with E-state index in [4.69, 9.17) is 26.4 Å². The van der Waals surface area contributed by atoms with Crippen LogP contribution < -0.4 is 14.8 Å². The molecule has 5 rings (SSSR count). The summed E-state index contributed by atoms with van der Waals surface area (Å²) < 4.78 is 18.9. The molecule has 3 heterocycles. The van der Waals surface area contributed by atoms with Crippen molar-refractivity contribution in [3.05, 3.63) is 88.5 Å². The molecule has 3 amide bonds. The van der Waals surface area contributed by atoms with Gasteiger partial charge in [-0.2, -0.15) is 0 Å². The summed E-state index contributed by atoms with van der Waals surface area (Å²) in [5.74, 6) is 0.181. The van der Waals surface area contributed by atoms with Crippen LogP contribution in [0.15, 0.2) is 66.9 Å². The third kappa shape index (κ3) is 6.63. The van der Waals surface area contributed by atoms with Gasteiger partial charge in [0.1, 0.15) is 23.9 Å². The first-order valence-corrected chi connectivity index (χ1v) is 14.2. The Bertz CT molecular complexity index is 1710. The number of amides is 3. The second-order valence-electron chi connectivity index (χ2n) is 9.90. The molecular weight excluding hydrogens is 586 g/mol. The number of anilines is 1. The Balaban J connectivity index is 1.43. The van der Waals surface area contributed by atoms with Crippen molar-refractivity contribution >= 4 is 35.8 Å². The number of hydrogen-bond acceptors (Lipinski definition) is 9. The highest BCUT2D eigenvalue weighted by Crippen LogP contribution is 2.28. The zero-order chi connectivity index (χ0) is 31.2. The Morgan fingerprint density at radius 1 is 1.02 bits per heavy atom. The van der Waals surface area contributed by atoms with E-state index in [1.54, 1.807) is 48.1 Å². The maximum absolute atomic E-state index is 13.1. The number of rotatable bonds is 10. The van der Waals surface area contributed by atoms with E-state index in [0.717, 1.165) is 16.2 Å². The van der Waals surface area contributed by atoms with Crippen LogP contribution in [0.25, 0.3) is 5.69 Å². The predicted molar refractivity (Wildman–Crippen MR) is 163 cm³/mol. The molecule has 0 bridgehead atoms. The summed E-state index contributed by atoms with van der Waals surface area (Å²) in [6.07, 6.45) is 1.87. The standard InChI is InChI=1S/C31H31N5O7S/c1-41-23-9-3-20(4-10-23)13-14-34-25(17-27(37)33-26-12-11-24(42-2)18-32-26)30(40)36(31(34)44)22-7-5-21(6-8-22)29(39)35-15-16-43-19-28(35)38/h3-12,18,40H,13-17,19H2,1-2H3,(H,32,33,37). The molecule has 0 aliphatic carbocycles. The maximum atomic E-state index is 13.1. The van der Waals surface area contributed by atoms with Crippen LogP contribution in [0.1, 0.15) is 21.6 Å². The number of benzene rings is 2. The Labute approximate surface area is 258 Å². The number of carbonyl (C=O) groups excluding carboxylic acids is 3. The summed E-state index contributed by atoms with van der Waals surface area (Å²) >= 11 is 5.80. The van der Waals surface area contributed by atoms with Crippen molar-refractivity contribution in [1.29, 1.82) is 0 Å². The number of aryl methyl sites for hydroxylation is 1. The van der Waals surface area contributed by atoms with Crippen molar-refractivity contribution in [2.75, 3.05) is 39.3 Å². The zero-order valence-electron chi connectivity index (χ0n) is 24.2. The molecule has 1 saturated heterocycles. The van der Waals surface area contributed by atoms with Crippen LogP contribution in [0, 0.1) is 4.77 Å². The van der Waals surface area contributed by atoms with Gasteiger partial charge < -0.3 is 29.2 Å². The minimum Gasteiger partial charge on any atom is -0.497 e. The molecule has 0 saturated carbocycles. The van der Waals surface area contributed by atoms with Crippen LogP contribution in [-0.4, -0.2) is 75.8 Å². The Morgan fingerprint density at radius 2 is 1.73 bits per heavy atom. The van der Waals surface area contributed by atoms with E-state index in [1.807, 2.05) is 24.3 Å². The summed E-state index contributed by atoms with van der Waals surface area (Å²) in [7, 11) is 3.12. The molecule has 1 aliphatic rings. The predicted octanol–water partition coefficient (Wildman–Crippen LogP) is 3.55. The number of imide groups is 1. The number of nitrogens with zero attached hydrogens (tertiary/aromatic N) is 4. The van der Waals surface area contributed by atoms with E-state index < -0.39 is 17.7 Å². The number of methoxy groups -OCH3 is 2. The van der Waals surface area contributed by atoms with Gasteiger partial charge in [0, 0.05) is 12.1 Å². The smallest absolute Gasteiger partial charge is 0.260 e. The molecule has 1 aliphatic heterocycles. The molecule has 0 radical (unpaired) electrons. The van der Waals surface area contributed by atoms with E-state index in [2.05, 4.69) is 10.3 Å². The lowest BCUT2D eigenvalue weighted by Crippen LogP contribution is -2.45. The highest BCUT2D eigenvalue weighted by atomic mass is 32.1. The third-order valence-corrected chi connectivity index (χ3v) is 7.57. The fourth-order valence-electron chi connectivity index (χ4n) is 4.80. The molecule has 12 nitrogen and oxygen atoms in total. The van der Waals surface area contributed by atoms with Crippen molar-refractivity contribution in [2.24, 2.45) is 0 Å². The van der Waals surface area contributed by atoms with Crippen LogP contribution in [0.5, 0.6) is 17.4 Å². The molecule has 4 aromatic rings. The zero-order valence-corrected chi connectivity index (χ0v) is 25.0. The summed E-state index contributed by atoms with van der Waals surface area (Å²) in [4.78, 5) is 43.5. The number of aromatic hydroxyl groups is 1. The number of morpholine rings is 1. The summed E-state index contributed by atoms with van der Waals surface area (Å²) in [5.41, 5.74) is 2.12. The highest BCUT2D eigenvalue weighted by molar-refractivity contribution is 7.71. The molecule has 228 valence electrons. The van der Waals surface area contributed by atoms with Gasteiger partial charge in [0.15, 0.2) is 4.77 Å². The fourth-order valence-corrected chi connectivity index (χ4v) is 5.20. The average molecular weight is 618 g/mol. The number of ether oxygens (including phenoxy) is 3. The molecular formula is C31H31N5O7S. The minimum atomic E-state index is -0.431. The molecule has 2 aromatic carbocycles. The van der Waals surface area contributed by atoms with Crippen LogP contribution in [0.3, 0.4) is 0 Å². The van der Waals surface area contributed by atoms with Crippen molar-refractivity contribution in [3.8, 4) is 23.1 Å². The minimum absolute atomic E-state index is 0.137. The topological polar surface area (TPSA) is 137 Å². The van der Waals surface area contributed by atoms with Gasteiger partial charge in [-0.05, 0) is 72.7 Å². The van der Waals surface area contributed by atoms with E-state index in [1.165, 1.54) is 17.9 Å². The van der Waals surface area contributed by atoms with Gasteiger partial charge in [-0.25, -0.2) is 4.98 Å². The highest BCUT2D eigenvalue weighted by Gasteiger charge is 2.26. The lowest BCUT2D eigenvalue weighted by atomic mass is 10.1. The monoisotopic (exact) mass is 617 g/mol. The van der Waals surface area contributed by atoms with Crippen LogP contribution in [0.4, 0.5) is 5.82 Å². The van der Waals surface area contributed by atoms with Gasteiger partial charge >= 0.3 is 0 Å². The second-order valence-corrected chi connectivity index (χ2v) is 10.3. The van der Waals surface area contributed by atoms with Crippen molar-refractivity contribution in [1.82, 2.24) is 19.0 Å². The van der Waals surface area contributed by atoms with Crippen LogP contribution >= 0.6 is 12.2 Å².